The Labute approximate surface area is 98.5 Å². The van der Waals surface area contributed by atoms with Gasteiger partial charge in [0.1, 0.15) is 11.6 Å². The normalized spacial score (nSPS) is 11.5. The van der Waals surface area contributed by atoms with Crippen LogP contribution in [-0.2, 0) is 4.79 Å². The van der Waals surface area contributed by atoms with E-state index in [-0.39, 0.29) is 5.75 Å². The minimum absolute atomic E-state index is 0.0760. The predicted molar refractivity (Wildman–Crippen MR) is 52.5 cm³/mol. The van der Waals surface area contributed by atoms with Crippen molar-refractivity contribution in [3.05, 3.63) is 24.0 Å². The molecule has 1 N–H and O–H groups in total. The smallest absolute Gasteiger partial charge is 0.383 e. The van der Waals surface area contributed by atoms with Gasteiger partial charge < -0.3 is 10.1 Å². The average Bonchev–Trinajstić information content (AvgIpc) is 2.31. The number of rotatable bonds is 4. The Hall–Kier alpha value is -1.86. The molecular formula is C10H8F5NO2. The van der Waals surface area contributed by atoms with Crippen LogP contribution in [0.2, 0.25) is 0 Å². The minimum Gasteiger partial charge on any atom is -0.497 e. The summed E-state index contributed by atoms with van der Waals surface area (Å²) in [4.78, 5) is 10.9. The third-order valence-corrected chi connectivity index (χ3v) is 2.00. The van der Waals surface area contributed by atoms with Crippen LogP contribution in [0.25, 0.3) is 0 Å². The third kappa shape index (κ3) is 2.88. The lowest BCUT2D eigenvalue weighted by Gasteiger charge is -2.15. The highest BCUT2D eigenvalue weighted by molar-refractivity contribution is 5.96. The van der Waals surface area contributed by atoms with Crippen molar-refractivity contribution in [1.82, 2.24) is 0 Å². The molecular weight excluding hydrogens is 261 g/mol. The van der Waals surface area contributed by atoms with Crippen molar-refractivity contribution < 1.29 is 31.5 Å². The zero-order valence-corrected chi connectivity index (χ0v) is 9.02. The topological polar surface area (TPSA) is 38.3 Å². The first-order valence-corrected chi connectivity index (χ1v) is 4.60. The van der Waals surface area contributed by atoms with Crippen molar-refractivity contribution in [2.75, 3.05) is 12.4 Å². The van der Waals surface area contributed by atoms with E-state index in [1.54, 1.807) is 0 Å². The molecule has 0 aliphatic heterocycles. The molecule has 1 aromatic rings. The summed E-state index contributed by atoms with van der Waals surface area (Å²) in [5.41, 5.74) is -0.667. The molecule has 0 radical (unpaired) electrons. The van der Waals surface area contributed by atoms with E-state index in [0.29, 0.717) is 0 Å². The lowest BCUT2D eigenvalue weighted by molar-refractivity contribution is -0.163. The number of halogens is 5. The Kier molecular flexibility index (Phi) is 4.10. The van der Waals surface area contributed by atoms with Gasteiger partial charge in [0, 0.05) is 6.07 Å². The van der Waals surface area contributed by atoms with Crippen molar-refractivity contribution >= 4 is 11.6 Å². The van der Waals surface area contributed by atoms with Crippen molar-refractivity contribution in [3.63, 3.8) is 0 Å². The largest absolute Gasteiger partial charge is 0.497 e. The van der Waals surface area contributed by atoms with Crippen molar-refractivity contribution in [1.29, 1.82) is 0 Å². The predicted octanol–water partition coefficient (Wildman–Crippen LogP) is 2.67. The van der Waals surface area contributed by atoms with Crippen LogP contribution in [0.3, 0.4) is 0 Å². The SMILES string of the molecule is COc1ccc(F)c(NC(=O)C(F)(F)C(F)F)c1. The molecule has 8 heteroatoms. The van der Waals surface area contributed by atoms with E-state index in [0.717, 1.165) is 12.1 Å². The number of methoxy groups -OCH3 is 1. The van der Waals surface area contributed by atoms with E-state index >= 15 is 0 Å². The summed E-state index contributed by atoms with van der Waals surface area (Å²) < 4.78 is 66.8. The highest BCUT2D eigenvalue weighted by Gasteiger charge is 2.49. The molecule has 0 aliphatic carbocycles. The zero-order chi connectivity index (χ0) is 13.9. The molecule has 0 aromatic heterocycles. The molecule has 100 valence electrons. The van der Waals surface area contributed by atoms with E-state index in [4.69, 9.17) is 0 Å². The summed E-state index contributed by atoms with van der Waals surface area (Å²) >= 11 is 0. The summed E-state index contributed by atoms with van der Waals surface area (Å²) in [7, 11) is 1.23. The number of carbonyl (C=O) groups is 1. The summed E-state index contributed by atoms with van der Waals surface area (Å²) in [6.45, 7) is 0. The van der Waals surface area contributed by atoms with Crippen LogP contribution >= 0.6 is 0 Å². The standard InChI is InChI=1S/C10H8F5NO2/c1-18-5-2-3-6(11)7(4-5)16-9(17)10(14,15)8(12)13/h2-4,8H,1H3,(H,16,17). The fraction of sp³-hybridized carbons (Fsp3) is 0.300. The third-order valence-electron chi connectivity index (χ3n) is 2.00. The molecule has 0 aliphatic rings. The number of nitrogens with one attached hydrogen (secondary N) is 1. The molecule has 0 saturated carbocycles. The van der Waals surface area contributed by atoms with Crippen LogP contribution in [0.5, 0.6) is 5.75 Å². The Morgan fingerprint density at radius 2 is 2.00 bits per heavy atom. The van der Waals surface area contributed by atoms with Gasteiger partial charge in [-0.05, 0) is 12.1 Å². The van der Waals surface area contributed by atoms with Gasteiger partial charge in [0.25, 0.3) is 0 Å². The van der Waals surface area contributed by atoms with Gasteiger partial charge in [-0.2, -0.15) is 8.78 Å². The molecule has 0 fully saturated rings. The quantitative estimate of drug-likeness (QED) is 0.853. The van der Waals surface area contributed by atoms with Gasteiger partial charge >= 0.3 is 18.3 Å². The molecule has 0 unspecified atom stereocenters. The maximum atomic E-state index is 13.2. The Morgan fingerprint density at radius 3 is 2.50 bits per heavy atom. The highest BCUT2D eigenvalue weighted by Crippen LogP contribution is 2.27. The number of hydrogen-bond donors (Lipinski definition) is 1. The fourth-order valence-corrected chi connectivity index (χ4v) is 1.03. The van der Waals surface area contributed by atoms with Gasteiger partial charge in [-0.15, -0.1) is 0 Å². The van der Waals surface area contributed by atoms with Crippen molar-refractivity contribution in [2.45, 2.75) is 12.3 Å². The van der Waals surface area contributed by atoms with Gasteiger partial charge in [-0.1, -0.05) is 0 Å². The first-order chi connectivity index (χ1) is 8.28. The van der Waals surface area contributed by atoms with Crippen LogP contribution in [0.1, 0.15) is 0 Å². The number of carbonyl (C=O) groups excluding carboxylic acids is 1. The van der Waals surface area contributed by atoms with Gasteiger partial charge in [0.2, 0.25) is 0 Å². The molecule has 0 saturated heterocycles. The number of amides is 1. The van der Waals surface area contributed by atoms with Crippen LogP contribution in [-0.4, -0.2) is 25.4 Å². The van der Waals surface area contributed by atoms with Crippen LogP contribution in [0.4, 0.5) is 27.6 Å². The number of benzene rings is 1. The molecule has 0 heterocycles. The van der Waals surface area contributed by atoms with Gasteiger partial charge in [-0.3, -0.25) is 4.79 Å². The maximum absolute atomic E-state index is 13.2. The van der Waals surface area contributed by atoms with Gasteiger partial charge in [0.05, 0.1) is 12.8 Å². The molecule has 1 aromatic carbocycles. The zero-order valence-electron chi connectivity index (χ0n) is 9.02. The van der Waals surface area contributed by atoms with E-state index in [2.05, 4.69) is 4.74 Å². The summed E-state index contributed by atoms with van der Waals surface area (Å²) in [5.74, 6) is -8.15. The van der Waals surface area contributed by atoms with Crippen LogP contribution in [0.15, 0.2) is 18.2 Å². The molecule has 0 spiro atoms. The van der Waals surface area contributed by atoms with Crippen LogP contribution < -0.4 is 10.1 Å². The number of anilines is 1. The van der Waals surface area contributed by atoms with Crippen molar-refractivity contribution in [2.24, 2.45) is 0 Å². The summed E-state index contributed by atoms with van der Waals surface area (Å²) in [5, 5.41) is 1.38. The Morgan fingerprint density at radius 1 is 1.39 bits per heavy atom. The molecule has 1 rings (SSSR count). The minimum atomic E-state index is -4.89. The van der Waals surface area contributed by atoms with Gasteiger partial charge in [0.15, 0.2) is 0 Å². The molecule has 3 nitrogen and oxygen atoms in total. The summed E-state index contributed by atoms with van der Waals surface area (Å²) in [6, 6.07) is 2.92. The maximum Gasteiger partial charge on any atom is 0.383 e. The second kappa shape index (κ2) is 5.19. The molecule has 0 bridgehead atoms. The van der Waals surface area contributed by atoms with Crippen molar-refractivity contribution in [3.8, 4) is 5.75 Å². The number of alkyl halides is 4. The Bertz CT molecular complexity index is 450. The van der Waals surface area contributed by atoms with E-state index in [9.17, 15) is 26.7 Å². The number of hydrogen-bond acceptors (Lipinski definition) is 2. The number of ether oxygens (including phenoxy) is 1. The highest BCUT2D eigenvalue weighted by atomic mass is 19.3. The lowest BCUT2D eigenvalue weighted by atomic mass is 10.2. The summed E-state index contributed by atoms with van der Waals surface area (Å²) in [6.07, 6.45) is -4.17. The Balaban J connectivity index is 2.94. The van der Waals surface area contributed by atoms with E-state index < -0.39 is 29.8 Å². The van der Waals surface area contributed by atoms with E-state index in [1.165, 1.54) is 18.5 Å². The first-order valence-electron chi connectivity index (χ1n) is 4.60. The van der Waals surface area contributed by atoms with Gasteiger partial charge in [-0.25, -0.2) is 13.2 Å². The second-order valence-electron chi connectivity index (χ2n) is 3.22. The van der Waals surface area contributed by atoms with E-state index in [1.807, 2.05) is 0 Å². The van der Waals surface area contributed by atoms with Crippen LogP contribution in [0, 0.1) is 5.82 Å². The molecule has 18 heavy (non-hydrogen) atoms. The molecule has 1 amide bonds. The average molecular weight is 269 g/mol. The lowest BCUT2D eigenvalue weighted by Crippen LogP contribution is -2.41. The fourth-order valence-electron chi connectivity index (χ4n) is 1.03. The first kappa shape index (κ1) is 14.2. The molecule has 0 atom stereocenters. The monoisotopic (exact) mass is 269 g/mol. The second-order valence-corrected chi connectivity index (χ2v) is 3.22.